The molecule has 1 nitrogen and oxygen atoms in total. The van der Waals surface area contributed by atoms with Crippen LogP contribution >= 0.6 is 43.6 Å². The molecule has 1 unspecified atom stereocenters. The molecule has 0 spiro atoms. The molecule has 2 rings (SSSR count). The van der Waals surface area contributed by atoms with Gasteiger partial charge in [0.05, 0.1) is 4.75 Å². The van der Waals surface area contributed by atoms with Crippen molar-refractivity contribution in [3.8, 4) is 0 Å². The van der Waals surface area contributed by atoms with Gasteiger partial charge in [-0.2, -0.15) is 0 Å². The quantitative estimate of drug-likeness (QED) is 0.709. The van der Waals surface area contributed by atoms with Crippen molar-refractivity contribution in [3.05, 3.63) is 32.7 Å². The van der Waals surface area contributed by atoms with Crippen LogP contribution in [0.25, 0.3) is 0 Å². The molecule has 0 N–H and O–H groups in total. The summed E-state index contributed by atoms with van der Waals surface area (Å²) in [6, 6.07) is 5.73. The summed E-state index contributed by atoms with van der Waals surface area (Å²) in [5.74, 6) is 1.34. The van der Waals surface area contributed by atoms with Crippen molar-refractivity contribution in [2.45, 2.75) is 24.5 Å². The van der Waals surface area contributed by atoms with Crippen LogP contribution in [0.4, 0.5) is 0 Å². The lowest BCUT2D eigenvalue weighted by atomic mass is 9.95. The molecule has 16 heavy (non-hydrogen) atoms. The van der Waals surface area contributed by atoms with Crippen LogP contribution in [0.1, 0.15) is 30.1 Å². The molecule has 0 saturated carbocycles. The number of carbonyl (C=O) groups is 1. The average Bonchev–Trinajstić information content (AvgIpc) is 2.66. The summed E-state index contributed by atoms with van der Waals surface area (Å²) in [6.07, 6.45) is 2.13. The Hall–Kier alpha value is 0.200. The Kier molecular flexibility index (Phi) is 3.82. The van der Waals surface area contributed by atoms with Crippen LogP contribution in [0.3, 0.4) is 0 Å². The fraction of sp³-hybridized carbons (Fsp3) is 0.417. The molecule has 1 aliphatic heterocycles. The van der Waals surface area contributed by atoms with Gasteiger partial charge in [-0.1, -0.05) is 31.9 Å². The number of rotatable bonds is 2. The Bertz CT molecular complexity index is 425. The molecule has 1 fully saturated rings. The lowest BCUT2D eigenvalue weighted by molar-refractivity contribution is 0.0948. The van der Waals surface area contributed by atoms with Gasteiger partial charge in [0.1, 0.15) is 0 Å². The first-order valence-electron chi connectivity index (χ1n) is 5.17. The number of thioether (sulfide) groups is 1. The van der Waals surface area contributed by atoms with Gasteiger partial charge in [0.25, 0.3) is 0 Å². The number of ketones is 1. The molecule has 4 heteroatoms. The largest absolute Gasteiger partial charge is 0.293 e. The second kappa shape index (κ2) is 4.83. The van der Waals surface area contributed by atoms with E-state index in [-0.39, 0.29) is 10.5 Å². The van der Waals surface area contributed by atoms with Crippen LogP contribution in [0.5, 0.6) is 0 Å². The summed E-state index contributed by atoms with van der Waals surface area (Å²) in [7, 11) is 0. The molecule has 0 radical (unpaired) electrons. The van der Waals surface area contributed by atoms with E-state index < -0.39 is 0 Å². The van der Waals surface area contributed by atoms with E-state index in [1.54, 1.807) is 11.8 Å². The normalized spacial score (nSPS) is 24.7. The van der Waals surface area contributed by atoms with E-state index in [4.69, 9.17) is 0 Å². The first kappa shape index (κ1) is 12.7. The van der Waals surface area contributed by atoms with E-state index in [0.717, 1.165) is 33.1 Å². The molecule has 0 aliphatic carbocycles. The Morgan fingerprint density at radius 1 is 1.44 bits per heavy atom. The third kappa shape index (κ3) is 2.39. The van der Waals surface area contributed by atoms with Gasteiger partial charge in [0.2, 0.25) is 0 Å². The number of Topliss-reactive ketones (excluding diaryl/α,β-unsaturated/α-hetero) is 1. The van der Waals surface area contributed by atoms with Crippen LogP contribution in [-0.4, -0.2) is 16.3 Å². The summed E-state index contributed by atoms with van der Waals surface area (Å²) in [4.78, 5) is 12.4. The highest BCUT2D eigenvalue weighted by Gasteiger charge is 2.38. The second-order valence-corrected chi connectivity index (χ2v) is 7.50. The molecule has 1 aromatic rings. The minimum Gasteiger partial charge on any atom is -0.293 e. The first-order valence-corrected chi connectivity index (χ1v) is 7.74. The molecule has 0 bridgehead atoms. The van der Waals surface area contributed by atoms with Gasteiger partial charge < -0.3 is 0 Å². The van der Waals surface area contributed by atoms with E-state index in [9.17, 15) is 4.79 Å². The van der Waals surface area contributed by atoms with Gasteiger partial charge in [-0.3, -0.25) is 4.79 Å². The molecule has 1 heterocycles. The zero-order valence-electron chi connectivity index (χ0n) is 8.93. The lowest BCUT2D eigenvalue weighted by Gasteiger charge is -2.21. The maximum Gasteiger partial charge on any atom is 0.179 e. The number of hydrogen-bond acceptors (Lipinski definition) is 2. The van der Waals surface area contributed by atoms with Crippen LogP contribution in [-0.2, 0) is 0 Å². The monoisotopic (exact) mass is 362 g/mol. The molecule has 1 aliphatic rings. The Morgan fingerprint density at radius 2 is 2.19 bits per heavy atom. The molecule has 86 valence electrons. The van der Waals surface area contributed by atoms with Crippen LogP contribution in [0.15, 0.2) is 27.1 Å². The summed E-state index contributed by atoms with van der Waals surface area (Å²) in [6.45, 7) is 2.06. The third-order valence-electron chi connectivity index (χ3n) is 2.87. The number of halogens is 2. The standard InChI is InChI=1S/C12H12Br2OS/c1-12(5-2-6-16-12)11(15)9-4-3-8(13)7-10(9)14/h3-4,7H,2,5-6H2,1H3. The molecule has 1 aromatic carbocycles. The molecule has 1 saturated heterocycles. The molecular formula is C12H12Br2OS. The van der Waals surface area contributed by atoms with Crippen molar-refractivity contribution >= 4 is 49.4 Å². The van der Waals surface area contributed by atoms with Crippen molar-refractivity contribution < 1.29 is 4.79 Å². The fourth-order valence-corrected chi connectivity index (χ4v) is 4.41. The number of benzene rings is 1. The minimum atomic E-state index is -0.226. The molecular weight excluding hydrogens is 352 g/mol. The van der Waals surface area contributed by atoms with Crippen LogP contribution < -0.4 is 0 Å². The van der Waals surface area contributed by atoms with E-state index in [2.05, 4.69) is 38.8 Å². The van der Waals surface area contributed by atoms with Crippen LogP contribution in [0, 0.1) is 0 Å². The number of hydrogen-bond donors (Lipinski definition) is 0. The van der Waals surface area contributed by atoms with Gasteiger partial charge in [-0.15, -0.1) is 11.8 Å². The zero-order valence-corrected chi connectivity index (χ0v) is 12.9. The van der Waals surface area contributed by atoms with E-state index in [0.29, 0.717) is 0 Å². The smallest absolute Gasteiger partial charge is 0.179 e. The van der Waals surface area contributed by atoms with E-state index >= 15 is 0 Å². The van der Waals surface area contributed by atoms with Crippen LogP contribution in [0.2, 0.25) is 0 Å². The van der Waals surface area contributed by atoms with Gasteiger partial charge >= 0.3 is 0 Å². The first-order chi connectivity index (χ1) is 7.53. The average molecular weight is 364 g/mol. The Morgan fingerprint density at radius 3 is 2.75 bits per heavy atom. The molecule has 1 atom stereocenters. The second-order valence-electron chi connectivity index (χ2n) is 4.14. The van der Waals surface area contributed by atoms with E-state index in [1.807, 2.05) is 18.2 Å². The SMILES string of the molecule is CC1(C(=O)c2ccc(Br)cc2Br)CCCS1. The van der Waals surface area contributed by atoms with Gasteiger partial charge in [-0.05, 0) is 43.7 Å². The maximum atomic E-state index is 12.4. The van der Waals surface area contributed by atoms with Gasteiger partial charge in [0.15, 0.2) is 5.78 Å². The molecule has 0 aromatic heterocycles. The zero-order chi connectivity index (χ0) is 11.8. The fourth-order valence-electron chi connectivity index (χ4n) is 1.92. The van der Waals surface area contributed by atoms with E-state index in [1.165, 1.54) is 0 Å². The number of carbonyl (C=O) groups excluding carboxylic acids is 1. The minimum absolute atomic E-state index is 0.226. The highest BCUT2D eigenvalue weighted by Crippen LogP contribution is 2.41. The maximum absolute atomic E-state index is 12.4. The summed E-state index contributed by atoms with van der Waals surface area (Å²) in [5.41, 5.74) is 0.792. The predicted molar refractivity (Wildman–Crippen MR) is 76.3 cm³/mol. The van der Waals surface area contributed by atoms with Crippen molar-refractivity contribution in [2.75, 3.05) is 5.75 Å². The highest BCUT2D eigenvalue weighted by atomic mass is 79.9. The summed E-state index contributed by atoms with van der Waals surface area (Å²) >= 11 is 8.63. The van der Waals surface area contributed by atoms with Gasteiger partial charge in [-0.25, -0.2) is 0 Å². The predicted octanol–water partition coefficient (Wildman–Crippen LogP) is 4.68. The van der Waals surface area contributed by atoms with Gasteiger partial charge in [0, 0.05) is 14.5 Å². The Balaban J connectivity index is 2.33. The van der Waals surface area contributed by atoms with Crippen molar-refractivity contribution in [3.63, 3.8) is 0 Å². The van der Waals surface area contributed by atoms with Crippen molar-refractivity contribution in [2.24, 2.45) is 0 Å². The Labute approximate surface area is 117 Å². The molecule has 0 amide bonds. The topological polar surface area (TPSA) is 17.1 Å². The van der Waals surface area contributed by atoms with Crippen molar-refractivity contribution in [1.82, 2.24) is 0 Å². The lowest BCUT2D eigenvalue weighted by Crippen LogP contribution is -2.28. The third-order valence-corrected chi connectivity index (χ3v) is 5.54. The summed E-state index contributed by atoms with van der Waals surface area (Å²) in [5, 5.41) is 0. The van der Waals surface area contributed by atoms with Crippen molar-refractivity contribution in [1.29, 1.82) is 0 Å². The highest BCUT2D eigenvalue weighted by molar-refractivity contribution is 9.11. The summed E-state index contributed by atoms with van der Waals surface area (Å²) < 4.78 is 1.64.